The first kappa shape index (κ1) is 19.2. The van der Waals surface area contributed by atoms with Gasteiger partial charge >= 0.3 is 5.63 Å². The van der Waals surface area contributed by atoms with Crippen LogP contribution in [0.15, 0.2) is 45.8 Å². The molecular formula is C22H28N2O4. The van der Waals surface area contributed by atoms with Crippen LogP contribution in [0.2, 0.25) is 0 Å². The van der Waals surface area contributed by atoms with Crippen LogP contribution >= 0.6 is 0 Å². The number of aromatic hydroxyl groups is 1. The Hall–Kier alpha value is -2.15. The molecule has 2 aliphatic rings. The Labute approximate surface area is 165 Å². The third kappa shape index (κ3) is 4.46. The Morgan fingerprint density at radius 1 is 0.964 bits per heavy atom. The number of ether oxygens (including phenoxy) is 1. The van der Waals surface area contributed by atoms with E-state index in [1.165, 1.54) is 11.8 Å². The normalized spacial score (nSPS) is 19.7. The van der Waals surface area contributed by atoms with Crippen LogP contribution in [0, 0.1) is 0 Å². The monoisotopic (exact) mass is 384 g/mol. The van der Waals surface area contributed by atoms with Gasteiger partial charge in [0.05, 0.1) is 18.8 Å². The number of hydrogen-bond acceptors (Lipinski definition) is 6. The Morgan fingerprint density at radius 3 is 2.36 bits per heavy atom. The lowest BCUT2D eigenvalue weighted by Gasteiger charge is -2.32. The molecule has 2 fully saturated rings. The van der Waals surface area contributed by atoms with Crippen molar-refractivity contribution < 1.29 is 14.3 Å². The minimum absolute atomic E-state index is 0.0907. The zero-order valence-corrected chi connectivity index (χ0v) is 16.2. The van der Waals surface area contributed by atoms with Gasteiger partial charge in [-0.25, -0.2) is 4.79 Å². The predicted octanol–water partition coefficient (Wildman–Crippen LogP) is 2.56. The van der Waals surface area contributed by atoms with Gasteiger partial charge in [-0.3, -0.25) is 9.80 Å². The molecule has 0 aliphatic carbocycles. The second kappa shape index (κ2) is 8.90. The summed E-state index contributed by atoms with van der Waals surface area (Å²) in [5.74, 6) is 0.656. The largest absolute Gasteiger partial charge is 0.507 e. The average Bonchev–Trinajstić information content (AvgIpc) is 2.75. The lowest BCUT2D eigenvalue weighted by Crippen LogP contribution is -2.36. The van der Waals surface area contributed by atoms with Crippen LogP contribution < -0.4 is 5.63 Å². The number of morpholine rings is 1. The molecule has 1 aromatic carbocycles. The Kier molecular flexibility index (Phi) is 6.10. The van der Waals surface area contributed by atoms with Gasteiger partial charge in [-0.15, -0.1) is 0 Å². The number of piperidine rings is 1. The lowest BCUT2D eigenvalue weighted by atomic mass is 9.89. The summed E-state index contributed by atoms with van der Waals surface area (Å²) >= 11 is 0. The van der Waals surface area contributed by atoms with Crippen molar-refractivity contribution in [3.8, 4) is 5.75 Å². The van der Waals surface area contributed by atoms with Gasteiger partial charge in [-0.05, 0) is 37.4 Å². The summed E-state index contributed by atoms with van der Waals surface area (Å²) in [7, 11) is 0. The molecule has 0 amide bonds. The molecule has 2 aliphatic heterocycles. The van der Waals surface area contributed by atoms with Crippen LogP contribution in [0.4, 0.5) is 0 Å². The fourth-order valence-corrected chi connectivity index (χ4v) is 4.17. The highest BCUT2D eigenvalue weighted by atomic mass is 16.5. The molecule has 6 nitrogen and oxygen atoms in total. The van der Waals surface area contributed by atoms with Crippen molar-refractivity contribution in [1.82, 2.24) is 9.80 Å². The zero-order chi connectivity index (χ0) is 19.3. The lowest BCUT2D eigenvalue weighted by molar-refractivity contribution is 0.0335. The number of benzene rings is 1. The Balaban J connectivity index is 1.40. The summed E-state index contributed by atoms with van der Waals surface area (Å²) in [5, 5.41) is 10.7. The van der Waals surface area contributed by atoms with Crippen LogP contribution in [0.25, 0.3) is 0 Å². The van der Waals surface area contributed by atoms with Crippen molar-refractivity contribution in [1.29, 1.82) is 0 Å². The van der Waals surface area contributed by atoms with Crippen LogP contribution in [0.1, 0.15) is 35.4 Å². The van der Waals surface area contributed by atoms with Crippen molar-refractivity contribution in [3.63, 3.8) is 0 Å². The molecule has 1 aromatic heterocycles. The van der Waals surface area contributed by atoms with Crippen molar-refractivity contribution in [2.24, 2.45) is 0 Å². The molecule has 4 rings (SSSR count). The summed E-state index contributed by atoms with van der Waals surface area (Å²) in [6.07, 6.45) is 3.52. The standard InChI is InChI=1S/C22H28N2O4/c25-21-19(14-24-10-12-27-13-11-24)16-28-22(26)20(21)15-23-8-6-18(7-9-23)17-4-2-1-3-5-17/h1-5,16,18,25H,6-15H2. The third-order valence-electron chi connectivity index (χ3n) is 5.88. The highest BCUT2D eigenvalue weighted by Crippen LogP contribution is 2.29. The van der Waals surface area contributed by atoms with Crippen molar-refractivity contribution in [3.05, 3.63) is 63.7 Å². The number of rotatable bonds is 5. The van der Waals surface area contributed by atoms with Gasteiger partial charge in [-0.2, -0.15) is 0 Å². The summed E-state index contributed by atoms with van der Waals surface area (Å²) in [4.78, 5) is 16.7. The van der Waals surface area contributed by atoms with E-state index in [1.54, 1.807) is 0 Å². The van der Waals surface area contributed by atoms with E-state index >= 15 is 0 Å². The maximum atomic E-state index is 12.3. The molecule has 0 bridgehead atoms. The summed E-state index contributed by atoms with van der Waals surface area (Å²) in [6.45, 7) is 5.86. The van der Waals surface area contributed by atoms with Gasteiger partial charge < -0.3 is 14.3 Å². The van der Waals surface area contributed by atoms with Crippen molar-refractivity contribution in [2.45, 2.75) is 31.8 Å². The van der Waals surface area contributed by atoms with E-state index in [1.807, 2.05) is 6.07 Å². The maximum absolute atomic E-state index is 12.3. The fraction of sp³-hybridized carbons (Fsp3) is 0.500. The first-order valence-electron chi connectivity index (χ1n) is 10.1. The van der Waals surface area contributed by atoms with E-state index < -0.39 is 5.63 Å². The molecule has 0 saturated carbocycles. The zero-order valence-electron chi connectivity index (χ0n) is 16.2. The van der Waals surface area contributed by atoms with Crippen LogP contribution in [-0.4, -0.2) is 54.3 Å². The van der Waals surface area contributed by atoms with Gasteiger partial charge in [0.15, 0.2) is 0 Å². The number of nitrogens with zero attached hydrogens (tertiary/aromatic N) is 2. The van der Waals surface area contributed by atoms with E-state index in [0.717, 1.165) is 39.0 Å². The molecule has 2 aromatic rings. The minimum Gasteiger partial charge on any atom is -0.507 e. The van der Waals surface area contributed by atoms with Gasteiger partial charge in [0.2, 0.25) is 0 Å². The summed E-state index contributed by atoms with van der Waals surface area (Å²) < 4.78 is 10.6. The highest BCUT2D eigenvalue weighted by Gasteiger charge is 2.24. The minimum atomic E-state index is -0.437. The third-order valence-corrected chi connectivity index (χ3v) is 5.88. The topological polar surface area (TPSA) is 66.2 Å². The quantitative estimate of drug-likeness (QED) is 0.855. The van der Waals surface area contributed by atoms with E-state index in [-0.39, 0.29) is 5.75 Å². The molecule has 2 saturated heterocycles. The molecule has 0 radical (unpaired) electrons. The van der Waals surface area contributed by atoms with Crippen LogP contribution in [-0.2, 0) is 17.8 Å². The first-order valence-corrected chi connectivity index (χ1v) is 10.1. The second-order valence-electron chi connectivity index (χ2n) is 7.73. The number of likely N-dealkylation sites (tertiary alicyclic amines) is 1. The Morgan fingerprint density at radius 2 is 1.64 bits per heavy atom. The summed E-state index contributed by atoms with van der Waals surface area (Å²) in [6, 6.07) is 10.6. The molecule has 0 spiro atoms. The van der Waals surface area contributed by atoms with E-state index in [2.05, 4.69) is 34.1 Å². The molecule has 0 atom stereocenters. The van der Waals surface area contributed by atoms with Gasteiger partial charge in [0, 0.05) is 31.7 Å². The molecule has 0 unspecified atom stereocenters. The number of hydrogen-bond donors (Lipinski definition) is 1. The smallest absolute Gasteiger partial charge is 0.343 e. The molecule has 6 heteroatoms. The summed E-state index contributed by atoms with van der Waals surface area (Å²) in [5.41, 5.74) is 2.00. The highest BCUT2D eigenvalue weighted by molar-refractivity contribution is 5.36. The molecule has 3 heterocycles. The molecule has 150 valence electrons. The maximum Gasteiger partial charge on any atom is 0.343 e. The van der Waals surface area contributed by atoms with Crippen molar-refractivity contribution >= 4 is 0 Å². The SMILES string of the molecule is O=c1occ(CN2CCOCC2)c(O)c1CN1CCC(c2ccccc2)CC1. The predicted molar refractivity (Wildman–Crippen MR) is 106 cm³/mol. The van der Waals surface area contributed by atoms with Gasteiger partial charge in [0.1, 0.15) is 12.0 Å². The van der Waals surface area contributed by atoms with Crippen LogP contribution in [0.3, 0.4) is 0 Å². The van der Waals surface area contributed by atoms with Crippen molar-refractivity contribution in [2.75, 3.05) is 39.4 Å². The van der Waals surface area contributed by atoms with Gasteiger partial charge in [0.25, 0.3) is 0 Å². The van der Waals surface area contributed by atoms with E-state index in [0.29, 0.717) is 43.3 Å². The van der Waals surface area contributed by atoms with E-state index in [4.69, 9.17) is 9.15 Å². The molecule has 28 heavy (non-hydrogen) atoms. The molecule has 1 N–H and O–H groups in total. The first-order chi connectivity index (χ1) is 13.7. The van der Waals surface area contributed by atoms with Gasteiger partial charge in [-0.1, -0.05) is 30.3 Å². The van der Waals surface area contributed by atoms with E-state index in [9.17, 15) is 9.90 Å². The average molecular weight is 384 g/mol. The van der Waals surface area contributed by atoms with Crippen LogP contribution in [0.5, 0.6) is 5.75 Å². The fourth-order valence-electron chi connectivity index (χ4n) is 4.17. The Bertz CT molecular complexity index is 822. The molecular weight excluding hydrogens is 356 g/mol. The second-order valence-corrected chi connectivity index (χ2v) is 7.73.